The van der Waals surface area contributed by atoms with Gasteiger partial charge in [0.1, 0.15) is 17.5 Å². The standard InChI is InChI=1S/C20H18F3NO2/c21-14-6-13(7-15(22)9-14)17-3-1-2-12(18(17)23)8-16-10-20(4-5-20)11-24(16)19(25)26/h1-3,6-7,9,16H,4-5,8,10-11H2,(H,25,26). The maximum Gasteiger partial charge on any atom is 0.407 e. The zero-order chi connectivity index (χ0) is 18.5. The first kappa shape index (κ1) is 16.9. The number of carboxylic acid groups (broad SMARTS) is 1. The molecule has 6 heteroatoms. The summed E-state index contributed by atoms with van der Waals surface area (Å²) in [6.07, 6.45) is 2.03. The van der Waals surface area contributed by atoms with Gasteiger partial charge in [0, 0.05) is 24.2 Å². The molecule has 1 N–H and O–H groups in total. The van der Waals surface area contributed by atoms with E-state index in [9.17, 15) is 18.7 Å². The molecule has 4 rings (SSSR count). The van der Waals surface area contributed by atoms with Crippen LogP contribution in [0.25, 0.3) is 11.1 Å². The van der Waals surface area contributed by atoms with Crippen LogP contribution in [0.2, 0.25) is 0 Å². The molecule has 1 saturated carbocycles. The lowest BCUT2D eigenvalue weighted by Gasteiger charge is -2.22. The second-order valence-corrected chi connectivity index (χ2v) is 7.41. The maximum absolute atomic E-state index is 15.0. The highest BCUT2D eigenvalue weighted by molar-refractivity contribution is 5.67. The Hall–Kier alpha value is -2.50. The van der Waals surface area contributed by atoms with Crippen LogP contribution in [0.3, 0.4) is 0 Å². The van der Waals surface area contributed by atoms with E-state index in [-0.39, 0.29) is 29.0 Å². The average molecular weight is 361 g/mol. The van der Waals surface area contributed by atoms with Crippen LogP contribution in [0, 0.1) is 22.9 Å². The first-order chi connectivity index (χ1) is 12.4. The van der Waals surface area contributed by atoms with E-state index in [1.165, 1.54) is 11.0 Å². The number of carbonyl (C=O) groups is 1. The molecule has 1 amide bonds. The van der Waals surface area contributed by atoms with Gasteiger partial charge in [-0.15, -0.1) is 0 Å². The predicted molar refractivity (Wildman–Crippen MR) is 90.3 cm³/mol. The van der Waals surface area contributed by atoms with E-state index in [1.54, 1.807) is 12.1 Å². The van der Waals surface area contributed by atoms with Crippen LogP contribution in [-0.2, 0) is 6.42 Å². The van der Waals surface area contributed by atoms with Crippen LogP contribution in [0.4, 0.5) is 18.0 Å². The number of benzene rings is 2. The summed E-state index contributed by atoms with van der Waals surface area (Å²) in [6.45, 7) is 0.503. The minimum atomic E-state index is -0.984. The van der Waals surface area contributed by atoms with Crippen molar-refractivity contribution in [3.8, 4) is 11.1 Å². The van der Waals surface area contributed by atoms with Gasteiger partial charge in [0.05, 0.1) is 0 Å². The van der Waals surface area contributed by atoms with Crippen molar-refractivity contribution in [2.24, 2.45) is 5.41 Å². The third-order valence-electron chi connectivity index (χ3n) is 5.53. The summed E-state index contributed by atoms with van der Waals surface area (Å²) in [4.78, 5) is 12.9. The highest BCUT2D eigenvalue weighted by Crippen LogP contribution is 2.55. The zero-order valence-corrected chi connectivity index (χ0v) is 14.0. The quantitative estimate of drug-likeness (QED) is 0.849. The van der Waals surface area contributed by atoms with Crippen LogP contribution >= 0.6 is 0 Å². The molecule has 2 aromatic carbocycles. The van der Waals surface area contributed by atoms with E-state index >= 15 is 4.39 Å². The minimum Gasteiger partial charge on any atom is -0.465 e. The van der Waals surface area contributed by atoms with Crippen LogP contribution in [-0.4, -0.2) is 28.7 Å². The van der Waals surface area contributed by atoms with Gasteiger partial charge in [0.25, 0.3) is 0 Å². The molecule has 3 nitrogen and oxygen atoms in total. The summed E-state index contributed by atoms with van der Waals surface area (Å²) in [5, 5.41) is 9.43. The number of rotatable bonds is 3. The number of hydrogen-bond acceptors (Lipinski definition) is 1. The molecule has 0 aromatic heterocycles. The summed E-state index contributed by atoms with van der Waals surface area (Å²) in [5.74, 6) is -2.10. The molecule has 0 bridgehead atoms. The van der Waals surface area contributed by atoms with Crippen molar-refractivity contribution >= 4 is 6.09 Å². The van der Waals surface area contributed by atoms with Crippen molar-refractivity contribution in [3.05, 3.63) is 59.4 Å². The van der Waals surface area contributed by atoms with Gasteiger partial charge in [-0.2, -0.15) is 0 Å². The van der Waals surface area contributed by atoms with Gasteiger partial charge in [-0.05, 0) is 54.4 Å². The minimum absolute atomic E-state index is 0.0723. The van der Waals surface area contributed by atoms with Crippen LogP contribution in [0.1, 0.15) is 24.8 Å². The van der Waals surface area contributed by atoms with Gasteiger partial charge < -0.3 is 10.0 Å². The van der Waals surface area contributed by atoms with E-state index in [4.69, 9.17) is 0 Å². The second-order valence-electron chi connectivity index (χ2n) is 7.41. The Balaban J connectivity index is 1.64. The summed E-state index contributed by atoms with van der Waals surface area (Å²) >= 11 is 0. The normalized spacial score (nSPS) is 20.6. The lowest BCUT2D eigenvalue weighted by Crippen LogP contribution is -2.36. The van der Waals surface area contributed by atoms with Gasteiger partial charge in [0.2, 0.25) is 0 Å². The van der Waals surface area contributed by atoms with Gasteiger partial charge >= 0.3 is 6.09 Å². The fourth-order valence-electron chi connectivity index (χ4n) is 4.03. The van der Waals surface area contributed by atoms with Crippen molar-refractivity contribution in [2.45, 2.75) is 31.7 Å². The molecule has 1 aliphatic carbocycles. The van der Waals surface area contributed by atoms with E-state index in [0.717, 1.165) is 37.5 Å². The van der Waals surface area contributed by atoms with Crippen LogP contribution in [0.15, 0.2) is 36.4 Å². The lowest BCUT2D eigenvalue weighted by molar-refractivity contribution is 0.138. The predicted octanol–water partition coefficient (Wildman–Crippen LogP) is 4.85. The molecule has 2 aromatic rings. The Morgan fingerprint density at radius 3 is 2.46 bits per heavy atom. The lowest BCUT2D eigenvalue weighted by atomic mass is 9.95. The SMILES string of the molecule is O=C(O)N1CC2(CC2)CC1Cc1cccc(-c2cc(F)cc(F)c2)c1F. The molecule has 26 heavy (non-hydrogen) atoms. The van der Waals surface area contributed by atoms with E-state index in [0.29, 0.717) is 12.1 Å². The number of nitrogens with zero attached hydrogens (tertiary/aromatic N) is 1. The summed E-state index contributed by atoms with van der Waals surface area (Å²) in [5.41, 5.74) is 0.674. The Bertz CT molecular complexity index is 859. The number of halogens is 3. The van der Waals surface area contributed by atoms with Crippen molar-refractivity contribution in [2.75, 3.05) is 6.54 Å². The monoisotopic (exact) mass is 361 g/mol. The molecule has 1 aliphatic heterocycles. The number of likely N-dealkylation sites (tertiary alicyclic amines) is 1. The van der Waals surface area contributed by atoms with Crippen molar-refractivity contribution in [1.29, 1.82) is 0 Å². The molecular formula is C20H18F3NO2. The topological polar surface area (TPSA) is 40.5 Å². The Morgan fingerprint density at radius 2 is 1.85 bits per heavy atom. The number of hydrogen-bond donors (Lipinski definition) is 1. The Morgan fingerprint density at radius 1 is 1.15 bits per heavy atom. The molecule has 1 saturated heterocycles. The third-order valence-corrected chi connectivity index (χ3v) is 5.53. The summed E-state index contributed by atoms with van der Waals surface area (Å²) in [6, 6.07) is 7.34. The fourth-order valence-corrected chi connectivity index (χ4v) is 4.03. The summed E-state index contributed by atoms with van der Waals surface area (Å²) < 4.78 is 41.9. The Labute approximate surface area is 149 Å². The largest absolute Gasteiger partial charge is 0.465 e. The van der Waals surface area contributed by atoms with E-state index < -0.39 is 23.5 Å². The molecule has 1 spiro atoms. The third kappa shape index (κ3) is 3.04. The smallest absolute Gasteiger partial charge is 0.407 e. The second kappa shape index (κ2) is 6.04. The molecule has 2 fully saturated rings. The van der Waals surface area contributed by atoms with Gasteiger partial charge in [0.15, 0.2) is 0 Å². The first-order valence-electron chi connectivity index (χ1n) is 8.60. The van der Waals surface area contributed by atoms with Gasteiger partial charge in [-0.3, -0.25) is 0 Å². The van der Waals surface area contributed by atoms with Crippen LogP contribution in [0.5, 0.6) is 0 Å². The molecule has 1 unspecified atom stereocenters. The highest BCUT2D eigenvalue weighted by atomic mass is 19.1. The van der Waals surface area contributed by atoms with Crippen molar-refractivity contribution in [1.82, 2.24) is 4.90 Å². The summed E-state index contributed by atoms with van der Waals surface area (Å²) in [7, 11) is 0. The first-order valence-corrected chi connectivity index (χ1v) is 8.60. The Kier molecular flexibility index (Phi) is 3.93. The number of amides is 1. The van der Waals surface area contributed by atoms with E-state index in [2.05, 4.69) is 0 Å². The molecule has 2 aliphatic rings. The molecule has 1 heterocycles. The fraction of sp³-hybridized carbons (Fsp3) is 0.350. The zero-order valence-electron chi connectivity index (χ0n) is 14.0. The van der Waals surface area contributed by atoms with Crippen molar-refractivity contribution in [3.63, 3.8) is 0 Å². The molecule has 1 atom stereocenters. The highest BCUT2D eigenvalue weighted by Gasteiger charge is 2.53. The van der Waals surface area contributed by atoms with Gasteiger partial charge in [-0.25, -0.2) is 18.0 Å². The average Bonchev–Trinajstić information content (AvgIpc) is 3.21. The molecular weight excluding hydrogens is 343 g/mol. The van der Waals surface area contributed by atoms with Crippen LogP contribution < -0.4 is 0 Å². The van der Waals surface area contributed by atoms with Gasteiger partial charge in [-0.1, -0.05) is 18.2 Å². The maximum atomic E-state index is 15.0. The molecule has 0 radical (unpaired) electrons. The van der Waals surface area contributed by atoms with E-state index in [1.807, 2.05) is 0 Å². The van der Waals surface area contributed by atoms with Crippen molar-refractivity contribution < 1.29 is 23.1 Å². The molecule has 136 valence electrons.